The van der Waals surface area contributed by atoms with Crippen LogP contribution in [0.25, 0.3) is 0 Å². The van der Waals surface area contributed by atoms with Crippen LogP contribution in [0.5, 0.6) is 0 Å². The molecule has 0 aromatic heterocycles. The van der Waals surface area contributed by atoms with Gasteiger partial charge in [-0.25, -0.2) is 14.4 Å². The Kier molecular flexibility index (Phi) is 8.31. The third kappa shape index (κ3) is 5.64. The lowest BCUT2D eigenvalue weighted by Crippen LogP contribution is -2.64. The predicted molar refractivity (Wildman–Crippen MR) is 129 cm³/mol. The van der Waals surface area contributed by atoms with Crippen molar-refractivity contribution in [2.75, 3.05) is 6.61 Å². The number of halogens is 9. The van der Waals surface area contributed by atoms with E-state index in [1.54, 1.807) is 6.92 Å². The third-order valence-electron chi connectivity index (χ3n) is 9.96. The van der Waals surface area contributed by atoms with E-state index in [0.29, 0.717) is 5.57 Å². The Bertz CT molecular complexity index is 1360. The molecule has 8 nitrogen and oxygen atoms in total. The number of fused-ring (bicyclic) bond motifs is 5. The van der Waals surface area contributed by atoms with E-state index in [-0.39, 0.29) is 37.9 Å². The lowest BCUT2D eigenvalue weighted by Gasteiger charge is -2.61. The Labute approximate surface area is 249 Å². The van der Waals surface area contributed by atoms with E-state index in [2.05, 4.69) is 11.3 Å². The number of ether oxygens (including phenoxy) is 3. The van der Waals surface area contributed by atoms with Crippen molar-refractivity contribution in [3.05, 3.63) is 23.8 Å². The molecule has 0 radical (unpaired) electrons. The SMILES string of the molecule is C=C1CC2C3CCC4=CC(=O)CCC4(C)C3C(OC(=O)C(F)(F)F)CC2(C)C1(OC(=O)C(F)(F)F)C(=O)COC(=O)C(F)(F)F. The summed E-state index contributed by atoms with van der Waals surface area (Å²) in [6.45, 7) is 4.52. The summed E-state index contributed by atoms with van der Waals surface area (Å²) in [7, 11) is 0. The summed E-state index contributed by atoms with van der Waals surface area (Å²) >= 11 is 0. The molecule has 0 aromatic rings. The van der Waals surface area contributed by atoms with Gasteiger partial charge in [-0.15, -0.1) is 0 Å². The van der Waals surface area contributed by atoms with Crippen LogP contribution in [-0.4, -0.2) is 66.3 Å². The fourth-order valence-electron chi connectivity index (χ4n) is 8.18. The highest BCUT2D eigenvalue weighted by molar-refractivity contribution is 5.97. The first-order chi connectivity index (χ1) is 20.4. The summed E-state index contributed by atoms with van der Waals surface area (Å²) in [5, 5.41) is 0. The van der Waals surface area contributed by atoms with E-state index in [0.717, 1.165) is 6.92 Å². The number of Topliss-reactive ketones (excluding diaryl/α,β-unsaturated/α-hetero) is 1. The molecule has 4 rings (SSSR count). The lowest BCUT2D eigenvalue weighted by atomic mass is 9.45. The second-order valence-corrected chi connectivity index (χ2v) is 12.3. The molecule has 4 aliphatic rings. The summed E-state index contributed by atoms with van der Waals surface area (Å²) in [4.78, 5) is 61.6. The average Bonchev–Trinajstić information content (AvgIpc) is 3.12. The minimum atomic E-state index is -5.75. The van der Waals surface area contributed by atoms with Crippen LogP contribution < -0.4 is 0 Å². The van der Waals surface area contributed by atoms with Gasteiger partial charge in [0.25, 0.3) is 0 Å². The molecule has 0 N–H and O–H groups in total. The van der Waals surface area contributed by atoms with Crippen molar-refractivity contribution in [1.29, 1.82) is 0 Å². The zero-order valence-electron chi connectivity index (χ0n) is 23.7. The van der Waals surface area contributed by atoms with Gasteiger partial charge in [0.2, 0.25) is 11.4 Å². The van der Waals surface area contributed by atoms with Crippen molar-refractivity contribution in [2.24, 2.45) is 28.6 Å². The van der Waals surface area contributed by atoms with Crippen LogP contribution in [0.2, 0.25) is 0 Å². The molecule has 7 atom stereocenters. The Morgan fingerprint density at radius 3 is 2.04 bits per heavy atom. The summed E-state index contributed by atoms with van der Waals surface area (Å²) < 4.78 is 133. The molecule has 3 saturated carbocycles. The van der Waals surface area contributed by atoms with Gasteiger partial charge in [-0.2, -0.15) is 39.5 Å². The molecule has 250 valence electrons. The summed E-state index contributed by atoms with van der Waals surface area (Å²) in [6, 6.07) is 0. The number of hydrogen-bond donors (Lipinski definition) is 0. The maximum Gasteiger partial charge on any atom is 0.490 e. The van der Waals surface area contributed by atoms with Crippen molar-refractivity contribution in [2.45, 2.75) is 82.6 Å². The van der Waals surface area contributed by atoms with Gasteiger partial charge >= 0.3 is 36.4 Å². The molecule has 0 saturated heterocycles. The van der Waals surface area contributed by atoms with Crippen LogP contribution in [-0.2, 0) is 38.2 Å². The molecule has 0 bridgehead atoms. The molecule has 7 unspecified atom stereocenters. The van der Waals surface area contributed by atoms with Gasteiger partial charge in [-0.05, 0) is 61.0 Å². The van der Waals surface area contributed by atoms with Crippen molar-refractivity contribution in [3.8, 4) is 0 Å². The highest BCUT2D eigenvalue weighted by atomic mass is 19.4. The Hall–Kier alpha value is -3.40. The quantitative estimate of drug-likeness (QED) is 0.169. The van der Waals surface area contributed by atoms with E-state index < -0.39 is 101 Å². The number of ketones is 2. The molecule has 0 aliphatic heterocycles. The second-order valence-electron chi connectivity index (χ2n) is 12.3. The number of carbonyl (C=O) groups is 5. The number of rotatable bonds is 5. The van der Waals surface area contributed by atoms with Gasteiger partial charge in [0.15, 0.2) is 12.4 Å². The Morgan fingerprint density at radius 2 is 1.49 bits per heavy atom. The zero-order chi connectivity index (χ0) is 34.1. The normalized spacial score (nSPS) is 35.0. The molecule has 4 aliphatic carbocycles. The first-order valence-corrected chi connectivity index (χ1v) is 13.7. The van der Waals surface area contributed by atoms with E-state index in [1.165, 1.54) is 6.08 Å². The lowest BCUT2D eigenvalue weighted by molar-refractivity contribution is -0.238. The van der Waals surface area contributed by atoms with Gasteiger partial charge < -0.3 is 14.2 Å². The second kappa shape index (κ2) is 10.9. The van der Waals surface area contributed by atoms with Gasteiger partial charge in [0.1, 0.15) is 6.10 Å². The van der Waals surface area contributed by atoms with Crippen molar-refractivity contribution < 1.29 is 77.7 Å². The minimum absolute atomic E-state index is 0.00596. The average molecular weight is 662 g/mol. The van der Waals surface area contributed by atoms with Gasteiger partial charge in [-0.1, -0.05) is 26.0 Å². The third-order valence-corrected chi connectivity index (χ3v) is 9.96. The summed E-state index contributed by atoms with van der Waals surface area (Å²) in [5.74, 6) is -13.3. The topological polar surface area (TPSA) is 113 Å². The van der Waals surface area contributed by atoms with Crippen LogP contribution in [0.15, 0.2) is 23.8 Å². The van der Waals surface area contributed by atoms with Gasteiger partial charge in [0, 0.05) is 17.8 Å². The predicted octanol–water partition coefficient (Wildman–Crippen LogP) is 5.29. The Balaban J connectivity index is 1.87. The molecule has 0 heterocycles. The molecule has 17 heteroatoms. The summed E-state index contributed by atoms with van der Waals surface area (Å²) in [5.41, 5.74) is -6.28. The van der Waals surface area contributed by atoms with Crippen LogP contribution in [0.4, 0.5) is 39.5 Å². The molecule has 0 spiro atoms. The molecule has 0 amide bonds. The van der Waals surface area contributed by atoms with E-state index in [1.807, 2.05) is 0 Å². The smallest absolute Gasteiger partial charge is 0.455 e. The Morgan fingerprint density at radius 1 is 0.911 bits per heavy atom. The number of hydrogen-bond acceptors (Lipinski definition) is 8. The summed E-state index contributed by atoms with van der Waals surface area (Å²) in [6.07, 6.45) is -18.1. The van der Waals surface area contributed by atoms with Crippen molar-refractivity contribution in [1.82, 2.24) is 0 Å². The monoisotopic (exact) mass is 662 g/mol. The molecule has 45 heavy (non-hydrogen) atoms. The fourth-order valence-corrected chi connectivity index (χ4v) is 8.18. The highest BCUT2D eigenvalue weighted by Crippen LogP contribution is 2.70. The van der Waals surface area contributed by atoms with Crippen molar-refractivity contribution >= 4 is 29.5 Å². The number of carbonyl (C=O) groups excluding carboxylic acids is 5. The maximum atomic E-state index is 13.6. The highest BCUT2D eigenvalue weighted by Gasteiger charge is 2.74. The van der Waals surface area contributed by atoms with E-state index >= 15 is 0 Å². The maximum absolute atomic E-state index is 13.6. The van der Waals surface area contributed by atoms with Crippen LogP contribution in [0.3, 0.4) is 0 Å². The standard InChI is InChI=1S/C28H27F9O8/c1-12-8-16-15-5-4-13-9-14(38)6-7-23(13,2)19(15)17(44-21(41)27(32,33)34)10-24(16,3)25(12,45-22(42)28(35,36)37)18(39)11-43-20(40)26(29,30)31/h9,15-17,19H,1,4-8,10-11H2,2-3H3. The molecular weight excluding hydrogens is 635 g/mol. The number of alkyl halides is 9. The largest absolute Gasteiger partial charge is 0.490 e. The molecule has 3 fully saturated rings. The minimum Gasteiger partial charge on any atom is -0.455 e. The van der Waals surface area contributed by atoms with Crippen LogP contribution in [0, 0.1) is 28.6 Å². The number of esters is 3. The first-order valence-electron chi connectivity index (χ1n) is 13.7. The van der Waals surface area contributed by atoms with Crippen LogP contribution in [0.1, 0.15) is 52.4 Å². The first kappa shape index (κ1) is 34.5. The number of allylic oxidation sites excluding steroid dienone is 1. The van der Waals surface area contributed by atoms with Gasteiger partial charge in [0.05, 0.1) is 0 Å². The van der Waals surface area contributed by atoms with E-state index in [4.69, 9.17) is 9.47 Å². The molecule has 0 aromatic carbocycles. The van der Waals surface area contributed by atoms with Gasteiger partial charge in [-0.3, -0.25) is 9.59 Å². The molecular formula is C28H27F9O8. The van der Waals surface area contributed by atoms with Crippen LogP contribution >= 0.6 is 0 Å². The fraction of sp³-hybridized carbons (Fsp3) is 0.679. The van der Waals surface area contributed by atoms with E-state index in [9.17, 15) is 63.5 Å². The van der Waals surface area contributed by atoms with Crippen molar-refractivity contribution in [3.63, 3.8) is 0 Å². The zero-order valence-corrected chi connectivity index (χ0v) is 23.7.